The minimum Gasteiger partial charge on any atom is -0.397 e. The first-order valence-corrected chi connectivity index (χ1v) is 8.08. The van der Waals surface area contributed by atoms with Crippen LogP contribution < -0.4 is 10.6 Å². The average Bonchev–Trinajstić information content (AvgIpc) is 2.54. The molecule has 2 aromatic rings. The minimum atomic E-state index is -0.0389. The summed E-state index contributed by atoms with van der Waals surface area (Å²) in [5.41, 5.74) is 10.2. The SMILES string of the molecule is Cc1cc(C)c2c(c1)Sc1ncc(N)cc1C(=O)N2C(C)C. The van der Waals surface area contributed by atoms with Gasteiger partial charge < -0.3 is 10.6 Å². The number of anilines is 2. The van der Waals surface area contributed by atoms with Crippen molar-refractivity contribution in [2.24, 2.45) is 0 Å². The summed E-state index contributed by atoms with van der Waals surface area (Å²) in [5, 5.41) is 0.716. The molecule has 3 rings (SSSR count). The molecule has 0 bridgehead atoms. The van der Waals surface area contributed by atoms with Crippen molar-refractivity contribution in [2.75, 3.05) is 10.6 Å². The third kappa shape index (κ3) is 2.35. The maximum Gasteiger partial charge on any atom is 0.261 e. The Bertz CT molecular complexity index is 771. The van der Waals surface area contributed by atoms with Gasteiger partial charge in [0.25, 0.3) is 5.91 Å². The molecule has 1 aliphatic heterocycles. The lowest BCUT2D eigenvalue weighted by Crippen LogP contribution is -2.37. The minimum absolute atomic E-state index is 0.0389. The number of hydrogen-bond donors (Lipinski definition) is 1. The van der Waals surface area contributed by atoms with E-state index in [-0.39, 0.29) is 11.9 Å². The van der Waals surface area contributed by atoms with Crippen LogP contribution in [-0.2, 0) is 0 Å². The van der Waals surface area contributed by atoms with Gasteiger partial charge in [0.05, 0.1) is 23.1 Å². The van der Waals surface area contributed by atoms with Crippen LogP contribution in [0, 0.1) is 13.8 Å². The number of aryl methyl sites for hydroxylation is 2. The fraction of sp³-hybridized carbons (Fsp3) is 0.294. The number of carbonyl (C=O) groups is 1. The molecule has 0 atom stereocenters. The Morgan fingerprint density at radius 1 is 1.23 bits per heavy atom. The monoisotopic (exact) mass is 313 g/mol. The van der Waals surface area contributed by atoms with Crippen molar-refractivity contribution in [2.45, 2.75) is 43.7 Å². The topological polar surface area (TPSA) is 59.2 Å². The molecule has 0 aliphatic carbocycles. The zero-order valence-electron chi connectivity index (χ0n) is 13.2. The maximum absolute atomic E-state index is 13.0. The van der Waals surface area contributed by atoms with E-state index < -0.39 is 0 Å². The smallest absolute Gasteiger partial charge is 0.261 e. The molecule has 114 valence electrons. The fourth-order valence-electron chi connectivity index (χ4n) is 2.84. The summed E-state index contributed by atoms with van der Waals surface area (Å²) in [6.07, 6.45) is 1.60. The zero-order valence-corrected chi connectivity index (χ0v) is 14.0. The van der Waals surface area contributed by atoms with E-state index >= 15 is 0 Å². The van der Waals surface area contributed by atoms with Gasteiger partial charge in [0, 0.05) is 10.9 Å². The first-order chi connectivity index (χ1) is 10.4. The Hall–Kier alpha value is -2.01. The van der Waals surface area contributed by atoms with E-state index in [1.807, 2.05) is 25.7 Å². The van der Waals surface area contributed by atoms with E-state index in [1.165, 1.54) is 17.3 Å². The Balaban J connectivity index is 2.31. The van der Waals surface area contributed by atoms with Gasteiger partial charge in [-0.25, -0.2) is 4.98 Å². The number of hydrogen-bond acceptors (Lipinski definition) is 4. The van der Waals surface area contributed by atoms with Crippen LogP contribution in [0.5, 0.6) is 0 Å². The number of pyridine rings is 1. The summed E-state index contributed by atoms with van der Waals surface area (Å²) in [7, 11) is 0. The van der Waals surface area contributed by atoms with Crippen LogP contribution in [0.25, 0.3) is 0 Å². The molecule has 0 unspecified atom stereocenters. The highest BCUT2D eigenvalue weighted by atomic mass is 32.2. The Kier molecular flexibility index (Phi) is 3.60. The number of aromatic nitrogens is 1. The second-order valence-electron chi connectivity index (χ2n) is 5.92. The van der Waals surface area contributed by atoms with Gasteiger partial charge >= 0.3 is 0 Å². The summed E-state index contributed by atoms with van der Waals surface area (Å²) < 4.78 is 0. The van der Waals surface area contributed by atoms with Crippen molar-refractivity contribution in [1.29, 1.82) is 0 Å². The number of carbonyl (C=O) groups excluding carboxylic acids is 1. The second kappa shape index (κ2) is 5.32. The van der Waals surface area contributed by atoms with Crippen molar-refractivity contribution in [3.63, 3.8) is 0 Å². The quantitative estimate of drug-likeness (QED) is 0.870. The molecule has 1 aromatic carbocycles. The molecule has 22 heavy (non-hydrogen) atoms. The van der Waals surface area contributed by atoms with Gasteiger partial charge in [0.15, 0.2) is 0 Å². The maximum atomic E-state index is 13.0. The number of fused-ring (bicyclic) bond motifs is 2. The number of nitrogens with zero attached hydrogens (tertiary/aromatic N) is 2. The van der Waals surface area contributed by atoms with Crippen molar-refractivity contribution in [1.82, 2.24) is 4.98 Å². The average molecular weight is 313 g/mol. The molecule has 1 aliphatic rings. The molecule has 0 saturated carbocycles. The van der Waals surface area contributed by atoms with Crippen LogP contribution in [0.4, 0.5) is 11.4 Å². The predicted molar refractivity (Wildman–Crippen MR) is 90.6 cm³/mol. The van der Waals surface area contributed by atoms with E-state index in [1.54, 1.807) is 12.3 Å². The molecular weight excluding hydrogens is 294 g/mol. The van der Waals surface area contributed by atoms with E-state index in [0.29, 0.717) is 16.3 Å². The first kappa shape index (κ1) is 14.9. The number of nitrogen functional groups attached to an aromatic ring is 1. The molecule has 2 heterocycles. The third-order valence-electron chi connectivity index (χ3n) is 3.70. The molecule has 2 N–H and O–H groups in total. The predicted octanol–water partition coefficient (Wildman–Crippen LogP) is 3.80. The van der Waals surface area contributed by atoms with Gasteiger partial charge in [-0.3, -0.25) is 4.79 Å². The van der Waals surface area contributed by atoms with Crippen molar-refractivity contribution in [3.8, 4) is 0 Å². The van der Waals surface area contributed by atoms with Crippen molar-refractivity contribution >= 4 is 29.0 Å². The first-order valence-electron chi connectivity index (χ1n) is 7.26. The highest BCUT2D eigenvalue weighted by Gasteiger charge is 2.31. The summed E-state index contributed by atoms with van der Waals surface area (Å²) in [6, 6.07) is 6.00. The Labute approximate surface area is 134 Å². The summed E-state index contributed by atoms with van der Waals surface area (Å²) in [5.74, 6) is -0.0389. The second-order valence-corrected chi connectivity index (χ2v) is 6.95. The van der Waals surface area contributed by atoms with Gasteiger partial charge in [0.2, 0.25) is 0 Å². The number of nitrogens with two attached hydrogens (primary N) is 1. The molecule has 5 heteroatoms. The van der Waals surface area contributed by atoms with Crippen LogP contribution in [0.2, 0.25) is 0 Å². The summed E-state index contributed by atoms with van der Waals surface area (Å²) >= 11 is 1.54. The van der Waals surface area contributed by atoms with Crippen LogP contribution in [-0.4, -0.2) is 16.9 Å². The van der Waals surface area contributed by atoms with Crippen molar-refractivity contribution < 1.29 is 4.79 Å². The molecule has 0 spiro atoms. The molecule has 0 fully saturated rings. The molecule has 0 radical (unpaired) electrons. The van der Waals surface area contributed by atoms with Crippen LogP contribution in [0.3, 0.4) is 0 Å². The Morgan fingerprint density at radius 2 is 1.95 bits per heavy atom. The largest absolute Gasteiger partial charge is 0.397 e. The zero-order chi connectivity index (χ0) is 16.0. The lowest BCUT2D eigenvalue weighted by Gasteiger charge is -2.28. The normalized spacial score (nSPS) is 13.9. The third-order valence-corrected chi connectivity index (χ3v) is 4.75. The van der Waals surface area contributed by atoms with Crippen LogP contribution in [0.1, 0.15) is 35.3 Å². The standard InChI is InChI=1S/C17H19N3OS/c1-9(2)20-15-11(4)5-10(3)6-14(15)22-16-13(17(20)21)7-12(18)8-19-16/h5-9H,18H2,1-4H3. The van der Waals surface area contributed by atoms with E-state index in [0.717, 1.165) is 16.1 Å². The fourth-order valence-corrected chi connectivity index (χ4v) is 4.01. The molecule has 4 nitrogen and oxygen atoms in total. The molecule has 1 aromatic heterocycles. The van der Waals surface area contributed by atoms with Gasteiger partial charge in [-0.1, -0.05) is 17.8 Å². The molecule has 1 amide bonds. The highest BCUT2D eigenvalue weighted by Crippen LogP contribution is 2.43. The van der Waals surface area contributed by atoms with Gasteiger partial charge in [-0.15, -0.1) is 0 Å². The lowest BCUT2D eigenvalue weighted by molar-refractivity contribution is 0.0976. The number of rotatable bonds is 1. The van der Waals surface area contributed by atoms with Gasteiger partial charge in [-0.2, -0.15) is 0 Å². The molecular formula is C17H19N3OS. The van der Waals surface area contributed by atoms with Crippen LogP contribution in [0.15, 0.2) is 34.3 Å². The summed E-state index contributed by atoms with van der Waals surface area (Å²) in [6.45, 7) is 8.16. The van der Waals surface area contributed by atoms with Crippen molar-refractivity contribution in [3.05, 3.63) is 41.1 Å². The molecule has 0 saturated heterocycles. The number of benzene rings is 1. The highest BCUT2D eigenvalue weighted by molar-refractivity contribution is 7.99. The van der Waals surface area contributed by atoms with Gasteiger partial charge in [-0.05, 0) is 51.0 Å². The van der Waals surface area contributed by atoms with Crippen LogP contribution >= 0.6 is 11.8 Å². The lowest BCUT2D eigenvalue weighted by atomic mass is 10.1. The van der Waals surface area contributed by atoms with E-state index in [4.69, 9.17) is 5.73 Å². The Morgan fingerprint density at radius 3 is 2.64 bits per heavy atom. The number of amides is 1. The van der Waals surface area contributed by atoms with Gasteiger partial charge in [0.1, 0.15) is 5.03 Å². The summed E-state index contributed by atoms with van der Waals surface area (Å²) in [4.78, 5) is 20.3. The van der Waals surface area contributed by atoms with E-state index in [9.17, 15) is 4.79 Å². The van der Waals surface area contributed by atoms with E-state index in [2.05, 4.69) is 24.0 Å².